The SMILES string of the molecule is CCOC(=O)c1sc(N/N=C/c2ccc([N+](=O)[O-])cc2)nc1C. The van der Waals surface area contributed by atoms with Crippen LogP contribution in [0.3, 0.4) is 0 Å². The van der Waals surface area contributed by atoms with Crippen LogP contribution in [0.1, 0.15) is 27.9 Å². The maximum Gasteiger partial charge on any atom is 0.350 e. The highest BCUT2D eigenvalue weighted by Crippen LogP contribution is 2.23. The number of esters is 1. The molecule has 120 valence electrons. The molecule has 0 amide bonds. The van der Waals surface area contributed by atoms with E-state index in [0.717, 1.165) is 11.3 Å². The molecule has 1 heterocycles. The molecule has 0 aliphatic carbocycles. The van der Waals surface area contributed by atoms with Crippen molar-refractivity contribution in [3.8, 4) is 0 Å². The average Bonchev–Trinajstić information content (AvgIpc) is 2.89. The van der Waals surface area contributed by atoms with Crippen LogP contribution in [0.4, 0.5) is 10.8 Å². The van der Waals surface area contributed by atoms with Gasteiger partial charge in [-0.05, 0) is 31.5 Å². The molecule has 9 heteroatoms. The molecule has 0 aliphatic rings. The normalized spacial score (nSPS) is 10.7. The van der Waals surface area contributed by atoms with E-state index in [-0.39, 0.29) is 5.69 Å². The van der Waals surface area contributed by atoms with Crippen molar-refractivity contribution >= 4 is 34.3 Å². The molecule has 0 bridgehead atoms. The smallest absolute Gasteiger partial charge is 0.350 e. The summed E-state index contributed by atoms with van der Waals surface area (Å²) in [5, 5.41) is 15.0. The molecule has 23 heavy (non-hydrogen) atoms. The maximum atomic E-state index is 11.7. The predicted octanol–water partition coefficient (Wildman–Crippen LogP) is 2.98. The number of thiazole rings is 1. The number of nitrogens with one attached hydrogen (secondary N) is 1. The Labute approximate surface area is 136 Å². The summed E-state index contributed by atoms with van der Waals surface area (Å²) in [7, 11) is 0. The van der Waals surface area contributed by atoms with Crippen molar-refractivity contribution < 1.29 is 14.5 Å². The van der Waals surface area contributed by atoms with Crippen molar-refractivity contribution in [2.75, 3.05) is 12.0 Å². The first-order valence-corrected chi connectivity index (χ1v) is 7.51. The van der Waals surface area contributed by atoms with Crippen molar-refractivity contribution in [2.24, 2.45) is 5.10 Å². The van der Waals surface area contributed by atoms with E-state index in [4.69, 9.17) is 4.74 Å². The van der Waals surface area contributed by atoms with Crippen molar-refractivity contribution in [3.63, 3.8) is 0 Å². The number of non-ortho nitro benzene ring substituents is 1. The molecule has 0 fully saturated rings. The van der Waals surface area contributed by atoms with Crippen LogP contribution < -0.4 is 5.43 Å². The fourth-order valence-electron chi connectivity index (χ4n) is 1.67. The highest BCUT2D eigenvalue weighted by molar-refractivity contribution is 7.17. The first kappa shape index (κ1) is 16.6. The summed E-state index contributed by atoms with van der Waals surface area (Å²) in [6, 6.07) is 5.96. The van der Waals surface area contributed by atoms with E-state index < -0.39 is 10.9 Å². The van der Waals surface area contributed by atoms with Crippen LogP contribution in [0, 0.1) is 17.0 Å². The number of aryl methyl sites for hydroxylation is 1. The van der Waals surface area contributed by atoms with Gasteiger partial charge in [-0.3, -0.25) is 15.5 Å². The van der Waals surface area contributed by atoms with Crippen LogP contribution in [0.5, 0.6) is 0 Å². The molecule has 0 unspecified atom stereocenters. The zero-order valence-electron chi connectivity index (χ0n) is 12.5. The molecule has 0 spiro atoms. The van der Waals surface area contributed by atoms with Crippen LogP contribution in [0.15, 0.2) is 29.4 Å². The lowest BCUT2D eigenvalue weighted by Gasteiger charge is -1.97. The number of nitrogens with zero attached hydrogens (tertiary/aromatic N) is 3. The number of ether oxygens (including phenoxy) is 1. The molecule has 2 rings (SSSR count). The highest BCUT2D eigenvalue weighted by atomic mass is 32.1. The maximum absolute atomic E-state index is 11.7. The minimum Gasteiger partial charge on any atom is -0.462 e. The number of carbonyl (C=O) groups excluding carboxylic acids is 1. The molecule has 1 aromatic carbocycles. The Hall–Kier alpha value is -2.81. The van der Waals surface area contributed by atoms with Gasteiger partial charge in [-0.15, -0.1) is 0 Å². The molecule has 8 nitrogen and oxygen atoms in total. The number of benzene rings is 1. The van der Waals surface area contributed by atoms with Gasteiger partial charge in [-0.2, -0.15) is 5.10 Å². The van der Waals surface area contributed by atoms with E-state index in [1.54, 1.807) is 26.0 Å². The lowest BCUT2D eigenvalue weighted by atomic mass is 10.2. The van der Waals surface area contributed by atoms with Gasteiger partial charge in [0.2, 0.25) is 5.13 Å². The number of hydrazone groups is 1. The van der Waals surface area contributed by atoms with Crippen LogP contribution >= 0.6 is 11.3 Å². The Bertz CT molecular complexity index is 740. The summed E-state index contributed by atoms with van der Waals surface area (Å²) >= 11 is 1.15. The van der Waals surface area contributed by atoms with Crippen molar-refractivity contribution in [2.45, 2.75) is 13.8 Å². The van der Waals surface area contributed by atoms with Crippen molar-refractivity contribution in [1.82, 2.24) is 4.98 Å². The van der Waals surface area contributed by atoms with Crippen LogP contribution in [-0.4, -0.2) is 28.7 Å². The van der Waals surface area contributed by atoms with Gasteiger partial charge in [0, 0.05) is 12.1 Å². The fourth-order valence-corrected chi connectivity index (χ4v) is 2.48. The van der Waals surface area contributed by atoms with Crippen LogP contribution in [-0.2, 0) is 4.74 Å². The number of nitro groups is 1. The van der Waals surface area contributed by atoms with Gasteiger partial charge in [-0.25, -0.2) is 9.78 Å². The predicted molar refractivity (Wildman–Crippen MR) is 87.1 cm³/mol. The third-order valence-corrected chi connectivity index (χ3v) is 3.78. The minimum absolute atomic E-state index is 0.0183. The number of carbonyl (C=O) groups is 1. The standard InChI is InChI=1S/C14H14N4O4S/c1-3-22-13(19)12-9(2)16-14(23-12)17-15-8-10-4-6-11(7-5-10)18(20)21/h4-8H,3H2,1-2H3,(H,16,17)/b15-8+. The Morgan fingerprint density at radius 3 is 2.78 bits per heavy atom. The van der Waals surface area contributed by atoms with Crippen LogP contribution in [0.25, 0.3) is 0 Å². The van der Waals surface area contributed by atoms with Gasteiger partial charge >= 0.3 is 5.97 Å². The average molecular weight is 334 g/mol. The second-order valence-corrected chi connectivity index (χ2v) is 5.37. The topological polar surface area (TPSA) is 107 Å². The van der Waals surface area contributed by atoms with Crippen molar-refractivity contribution in [3.05, 3.63) is 50.5 Å². The largest absolute Gasteiger partial charge is 0.462 e. The number of hydrogen-bond donors (Lipinski definition) is 1. The Morgan fingerprint density at radius 1 is 1.48 bits per heavy atom. The first-order valence-electron chi connectivity index (χ1n) is 6.69. The van der Waals surface area contributed by atoms with E-state index in [2.05, 4.69) is 15.5 Å². The van der Waals surface area contributed by atoms with Crippen molar-refractivity contribution in [1.29, 1.82) is 0 Å². The van der Waals surface area contributed by atoms with Gasteiger partial charge in [-0.1, -0.05) is 11.3 Å². The number of anilines is 1. The summed E-state index contributed by atoms with van der Waals surface area (Å²) in [6.07, 6.45) is 1.50. The molecule has 1 N–H and O–H groups in total. The van der Waals surface area contributed by atoms with E-state index in [0.29, 0.717) is 27.9 Å². The summed E-state index contributed by atoms with van der Waals surface area (Å²) in [5.74, 6) is -0.408. The Kier molecular flexibility index (Phi) is 5.36. The summed E-state index contributed by atoms with van der Waals surface area (Å²) in [6.45, 7) is 3.76. The first-order chi connectivity index (χ1) is 11.0. The number of aromatic nitrogens is 1. The zero-order valence-corrected chi connectivity index (χ0v) is 13.3. The minimum atomic E-state index is -0.464. The van der Waals surface area contributed by atoms with E-state index >= 15 is 0 Å². The second-order valence-electron chi connectivity index (χ2n) is 4.37. The molecule has 0 saturated heterocycles. The van der Waals surface area contributed by atoms with Gasteiger partial charge in [0.1, 0.15) is 4.88 Å². The lowest BCUT2D eigenvalue weighted by molar-refractivity contribution is -0.384. The number of nitro benzene ring substituents is 1. The van der Waals surface area contributed by atoms with E-state index in [1.807, 2.05) is 0 Å². The highest BCUT2D eigenvalue weighted by Gasteiger charge is 2.15. The Morgan fingerprint density at radius 2 is 2.17 bits per heavy atom. The second kappa shape index (κ2) is 7.45. The van der Waals surface area contributed by atoms with Gasteiger partial charge in [0.15, 0.2) is 0 Å². The summed E-state index contributed by atoms with van der Waals surface area (Å²) in [5.41, 5.74) is 4.01. The van der Waals surface area contributed by atoms with Gasteiger partial charge in [0.25, 0.3) is 5.69 Å². The third kappa shape index (κ3) is 4.33. The van der Waals surface area contributed by atoms with E-state index in [9.17, 15) is 14.9 Å². The zero-order chi connectivity index (χ0) is 16.8. The fraction of sp³-hybridized carbons (Fsp3) is 0.214. The summed E-state index contributed by atoms with van der Waals surface area (Å²) < 4.78 is 4.94. The third-order valence-electron chi connectivity index (χ3n) is 2.74. The molecule has 2 aromatic rings. The van der Waals surface area contributed by atoms with E-state index in [1.165, 1.54) is 18.3 Å². The molecular weight excluding hydrogens is 320 g/mol. The molecule has 0 saturated carbocycles. The monoisotopic (exact) mass is 334 g/mol. The molecule has 1 aromatic heterocycles. The quantitative estimate of drug-likeness (QED) is 0.377. The van der Waals surface area contributed by atoms with Gasteiger partial charge < -0.3 is 4.74 Å². The molecule has 0 aliphatic heterocycles. The summed E-state index contributed by atoms with van der Waals surface area (Å²) in [4.78, 5) is 26.4. The number of rotatable bonds is 6. The molecule has 0 atom stereocenters. The Balaban J connectivity index is 2.01. The molecule has 0 radical (unpaired) electrons. The van der Waals surface area contributed by atoms with Crippen LogP contribution in [0.2, 0.25) is 0 Å². The number of hydrogen-bond acceptors (Lipinski definition) is 8. The lowest BCUT2D eigenvalue weighted by Crippen LogP contribution is -2.03. The van der Waals surface area contributed by atoms with Gasteiger partial charge in [0.05, 0.1) is 23.4 Å². The molecular formula is C14H14N4O4S.